The van der Waals surface area contributed by atoms with Crippen molar-refractivity contribution in [1.29, 1.82) is 0 Å². The van der Waals surface area contributed by atoms with Crippen LogP contribution in [0.1, 0.15) is 0 Å². The summed E-state index contributed by atoms with van der Waals surface area (Å²) in [6.07, 6.45) is 1.66. The van der Waals surface area contributed by atoms with Crippen molar-refractivity contribution in [3.05, 3.63) is 53.3 Å². The lowest BCUT2D eigenvalue weighted by Crippen LogP contribution is -2.09. The minimum atomic E-state index is -3.85. The largest absolute Gasteiger partial charge is 0.379 e. The molecule has 0 saturated carbocycles. The molecule has 2 aromatic carbocycles. The van der Waals surface area contributed by atoms with Gasteiger partial charge in [-0.25, -0.2) is 4.98 Å². The second kappa shape index (κ2) is 5.16. The molecular weight excluding hydrogens is 356 g/mol. The lowest BCUT2D eigenvalue weighted by Gasteiger charge is -2.07. The molecule has 108 valence electrons. The minimum Gasteiger partial charge on any atom is -0.379 e. The maximum Gasteiger partial charge on any atom is 0.339 e. The monoisotopic (exact) mass is 366 g/mol. The van der Waals surface area contributed by atoms with Gasteiger partial charge < -0.3 is 8.75 Å². The van der Waals surface area contributed by atoms with Crippen LogP contribution in [0.4, 0.5) is 0 Å². The summed E-state index contributed by atoms with van der Waals surface area (Å²) in [4.78, 5) is 4.28. The molecule has 0 saturated heterocycles. The molecule has 5 nitrogen and oxygen atoms in total. The molecule has 0 aliphatic heterocycles. The number of rotatable bonds is 3. The summed E-state index contributed by atoms with van der Waals surface area (Å²) in [5, 5.41) is 0. The minimum absolute atomic E-state index is 0.104. The molecule has 0 N–H and O–H groups in total. The van der Waals surface area contributed by atoms with Crippen molar-refractivity contribution >= 4 is 37.1 Å². The van der Waals surface area contributed by atoms with Crippen LogP contribution in [0.15, 0.2) is 58.2 Å². The highest BCUT2D eigenvalue weighted by Crippen LogP contribution is 2.23. The van der Waals surface area contributed by atoms with Crippen LogP contribution in [-0.2, 0) is 17.2 Å². The van der Waals surface area contributed by atoms with E-state index in [1.807, 2.05) is 11.6 Å². The Balaban J connectivity index is 1.95. The fraction of sp³-hybridized carbons (Fsp3) is 0.0714. The Morgan fingerprint density at radius 2 is 1.86 bits per heavy atom. The van der Waals surface area contributed by atoms with E-state index in [1.54, 1.807) is 36.7 Å². The van der Waals surface area contributed by atoms with Crippen molar-refractivity contribution in [2.24, 2.45) is 7.05 Å². The zero-order valence-electron chi connectivity index (χ0n) is 11.0. The molecule has 0 atom stereocenters. The third-order valence-corrected chi connectivity index (χ3v) is 4.80. The molecule has 0 aliphatic rings. The topological polar surface area (TPSA) is 61.2 Å². The van der Waals surface area contributed by atoms with Crippen molar-refractivity contribution in [2.75, 3.05) is 0 Å². The van der Waals surface area contributed by atoms with Crippen molar-refractivity contribution in [2.45, 2.75) is 4.90 Å². The predicted molar refractivity (Wildman–Crippen MR) is 82.7 cm³/mol. The quantitative estimate of drug-likeness (QED) is 0.668. The van der Waals surface area contributed by atoms with E-state index in [-0.39, 0.29) is 10.6 Å². The van der Waals surface area contributed by atoms with Gasteiger partial charge in [-0.05, 0) is 36.4 Å². The van der Waals surface area contributed by atoms with Gasteiger partial charge in [0.15, 0.2) is 0 Å². The van der Waals surface area contributed by atoms with E-state index in [4.69, 9.17) is 4.18 Å². The highest BCUT2D eigenvalue weighted by Gasteiger charge is 2.17. The fourth-order valence-electron chi connectivity index (χ4n) is 1.94. The van der Waals surface area contributed by atoms with Gasteiger partial charge in [-0.2, -0.15) is 8.42 Å². The van der Waals surface area contributed by atoms with Crippen LogP contribution in [0, 0.1) is 0 Å². The summed E-state index contributed by atoms with van der Waals surface area (Å²) in [5.74, 6) is 0.240. The predicted octanol–water partition coefficient (Wildman–Crippen LogP) is 3.10. The molecule has 0 unspecified atom stereocenters. The van der Waals surface area contributed by atoms with Gasteiger partial charge in [0.25, 0.3) is 0 Å². The molecule has 0 fully saturated rings. The molecule has 7 heteroatoms. The molecule has 1 heterocycles. The van der Waals surface area contributed by atoms with Crippen LogP contribution < -0.4 is 4.18 Å². The van der Waals surface area contributed by atoms with Gasteiger partial charge in [-0.3, -0.25) is 0 Å². The van der Waals surface area contributed by atoms with Crippen LogP contribution in [0.25, 0.3) is 11.0 Å². The summed E-state index contributed by atoms with van der Waals surface area (Å²) >= 11 is 3.26. The van der Waals surface area contributed by atoms with Crippen LogP contribution in [0.3, 0.4) is 0 Å². The Labute approximate surface area is 130 Å². The van der Waals surface area contributed by atoms with Gasteiger partial charge >= 0.3 is 10.1 Å². The number of fused-ring (bicyclic) bond motifs is 1. The maximum atomic E-state index is 12.2. The van der Waals surface area contributed by atoms with Gasteiger partial charge in [0.05, 0.1) is 17.4 Å². The smallest absolute Gasteiger partial charge is 0.339 e. The summed E-state index contributed by atoms with van der Waals surface area (Å²) in [5.41, 5.74) is 1.59. The number of hydrogen-bond donors (Lipinski definition) is 0. The number of aryl methyl sites for hydroxylation is 1. The zero-order chi connectivity index (χ0) is 15.0. The average Bonchev–Trinajstić information content (AvgIpc) is 2.80. The lowest BCUT2D eigenvalue weighted by atomic mass is 10.3. The molecular formula is C14H11BrN2O3S. The summed E-state index contributed by atoms with van der Waals surface area (Å²) in [6.45, 7) is 0. The molecule has 0 radical (unpaired) electrons. The van der Waals surface area contributed by atoms with Gasteiger partial charge in [0.2, 0.25) is 0 Å². The molecule has 0 spiro atoms. The van der Waals surface area contributed by atoms with Gasteiger partial charge in [-0.1, -0.05) is 15.9 Å². The first-order valence-corrected chi connectivity index (χ1v) is 8.27. The molecule has 21 heavy (non-hydrogen) atoms. The Bertz CT molecular complexity index is 902. The van der Waals surface area contributed by atoms with Gasteiger partial charge in [-0.15, -0.1) is 0 Å². The van der Waals surface area contributed by atoms with E-state index >= 15 is 0 Å². The summed E-state index contributed by atoms with van der Waals surface area (Å²) < 4.78 is 32.2. The molecule has 3 aromatic rings. The van der Waals surface area contributed by atoms with Crippen LogP contribution in [0.2, 0.25) is 0 Å². The van der Waals surface area contributed by atoms with Crippen molar-refractivity contribution in [1.82, 2.24) is 9.55 Å². The highest BCUT2D eigenvalue weighted by molar-refractivity contribution is 9.10. The average molecular weight is 367 g/mol. The number of aromatic nitrogens is 2. The van der Waals surface area contributed by atoms with Crippen molar-refractivity contribution in [3.8, 4) is 5.75 Å². The van der Waals surface area contributed by atoms with Crippen LogP contribution in [-0.4, -0.2) is 18.0 Å². The third kappa shape index (κ3) is 2.79. The van der Waals surface area contributed by atoms with E-state index in [1.165, 1.54) is 12.1 Å². The second-order valence-corrected chi connectivity index (χ2v) is 6.96. The molecule has 1 aromatic heterocycles. The number of imidazole rings is 1. The third-order valence-electron chi connectivity index (χ3n) is 3.01. The highest BCUT2D eigenvalue weighted by atomic mass is 79.9. The number of halogens is 1. The van der Waals surface area contributed by atoms with Crippen LogP contribution in [0.5, 0.6) is 5.75 Å². The molecule has 3 rings (SSSR count). The lowest BCUT2D eigenvalue weighted by molar-refractivity contribution is 0.486. The standard InChI is InChI=1S/C14H11BrN2O3S/c1-17-9-16-13-8-11(4-7-14(13)17)20-21(18,19)12-5-2-10(15)3-6-12/h2-9H,1H3. The van der Waals surface area contributed by atoms with E-state index < -0.39 is 10.1 Å². The number of nitrogens with zero attached hydrogens (tertiary/aromatic N) is 2. The normalized spacial score (nSPS) is 11.7. The Kier molecular flexibility index (Phi) is 3.46. The SMILES string of the molecule is Cn1cnc2cc(OS(=O)(=O)c3ccc(Br)cc3)ccc21. The first-order valence-electron chi connectivity index (χ1n) is 6.07. The Hall–Kier alpha value is -1.86. The first-order chi connectivity index (χ1) is 9.95. The number of hydrogen-bond acceptors (Lipinski definition) is 4. The van der Waals surface area contributed by atoms with Gasteiger partial charge in [0, 0.05) is 17.6 Å². The molecule has 0 aliphatic carbocycles. The van der Waals surface area contributed by atoms with Crippen molar-refractivity contribution in [3.63, 3.8) is 0 Å². The van der Waals surface area contributed by atoms with E-state index in [0.29, 0.717) is 5.52 Å². The van der Waals surface area contributed by atoms with Gasteiger partial charge in [0.1, 0.15) is 10.6 Å². The molecule has 0 bridgehead atoms. The summed E-state index contributed by atoms with van der Waals surface area (Å²) in [6, 6.07) is 11.3. The number of benzene rings is 2. The van der Waals surface area contributed by atoms with Crippen molar-refractivity contribution < 1.29 is 12.6 Å². The Morgan fingerprint density at radius 3 is 2.57 bits per heavy atom. The zero-order valence-corrected chi connectivity index (χ0v) is 13.4. The van der Waals surface area contributed by atoms with E-state index in [0.717, 1.165) is 9.99 Å². The first kappa shape index (κ1) is 14.1. The Morgan fingerprint density at radius 1 is 1.14 bits per heavy atom. The molecule has 0 amide bonds. The fourth-order valence-corrected chi connectivity index (χ4v) is 3.13. The van der Waals surface area contributed by atoms with E-state index in [9.17, 15) is 8.42 Å². The second-order valence-electron chi connectivity index (χ2n) is 4.50. The summed E-state index contributed by atoms with van der Waals surface area (Å²) in [7, 11) is -1.98. The van der Waals surface area contributed by atoms with Crippen LogP contribution >= 0.6 is 15.9 Å². The van der Waals surface area contributed by atoms with E-state index in [2.05, 4.69) is 20.9 Å². The maximum absolute atomic E-state index is 12.2.